The molecule has 27 heavy (non-hydrogen) atoms. The highest BCUT2D eigenvalue weighted by molar-refractivity contribution is 8.00. The van der Waals surface area contributed by atoms with Crippen LogP contribution in [0.4, 0.5) is 0 Å². The molecule has 0 aromatic rings. The Morgan fingerprint density at radius 3 is 2.56 bits per heavy atom. The third kappa shape index (κ3) is 5.85. The summed E-state index contributed by atoms with van der Waals surface area (Å²) in [7, 11) is 4.13. The van der Waals surface area contributed by atoms with Gasteiger partial charge in [0.25, 0.3) is 0 Å². The van der Waals surface area contributed by atoms with Crippen LogP contribution < -0.4 is 18.1 Å². The number of thioether (sulfide) groups is 1. The number of amides is 1. The first-order chi connectivity index (χ1) is 11.5. The number of aliphatic hydroxyl groups excluding tert-OH is 1. The Labute approximate surface area is 177 Å². The molecule has 0 radical (unpaired) electrons. The van der Waals surface area contributed by atoms with E-state index in [-0.39, 0.29) is 53.8 Å². The van der Waals surface area contributed by atoms with E-state index in [4.69, 9.17) is 5.73 Å². The third-order valence-electron chi connectivity index (χ3n) is 4.44. The first-order valence-corrected chi connectivity index (χ1v) is 9.30. The molecule has 4 N–H and O–H groups in total. The molecule has 0 saturated carbocycles. The molecule has 2 rings (SSSR count). The van der Waals surface area contributed by atoms with Crippen molar-refractivity contribution in [1.82, 2.24) is 4.90 Å². The van der Waals surface area contributed by atoms with Crippen LogP contribution in [-0.4, -0.2) is 82.4 Å². The van der Waals surface area contributed by atoms with Crippen LogP contribution in [0.5, 0.6) is 0 Å². The van der Waals surface area contributed by atoms with Gasteiger partial charge >= 0.3 is 5.97 Å². The Balaban J connectivity index is 0.00000338. The second kappa shape index (κ2) is 9.62. The maximum atomic E-state index is 11.9. The van der Waals surface area contributed by atoms with Crippen LogP contribution in [0.1, 0.15) is 13.8 Å². The third-order valence-corrected chi connectivity index (χ3v) is 5.77. The van der Waals surface area contributed by atoms with Gasteiger partial charge in [-0.2, -0.15) is 0 Å². The van der Waals surface area contributed by atoms with Crippen molar-refractivity contribution in [1.29, 1.82) is 0 Å². The van der Waals surface area contributed by atoms with Crippen LogP contribution >= 0.6 is 24.2 Å². The van der Waals surface area contributed by atoms with E-state index >= 15 is 0 Å². The largest absolute Gasteiger partial charge is 1.00 e. The summed E-state index contributed by atoms with van der Waals surface area (Å²) in [6, 6.07) is -0.610. The Kier molecular flexibility index (Phi) is 9.35. The minimum absolute atomic E-state index is 0. The highest BCUT2D eigenvalue weighted by Crippen LogP contribution is 2.39. The molecule has 1 fully saturated rings. The molecular weight excluding hydrogens is 413 g/mol. The number of β-lactam (4-membered cyclic amide) rings is 1. The lowest BCUT2D eigenvalue weighted by molar-refractivity contribution is -0.890. The average molecular weight is 442 g/mol. The lowest BCUT2D eigenvalue weighted by Crippen LogP contribution is -3.00. The SMILES string of the molecule is CC(C)(CO)C[N+](C)(C)CC=CC1=C(C(=O)O)N2C(=O)[C@@H](N)[C@H]2SC1.Cl.[Cl-]. The number of hydrogen-bond acceptors (Lipinski definition) is 5. The van der Waals surface area contributed by atoms with E-state index in [0.29, 0.717) is 22.4 Å². The number of aliphatic carboxylic acids is 1. The van der Waals surface area contributed by atoms with Gasteiger partial charge in [-0.15, -0.1) is 24.2 Å². The summed E-state index contributed by atoms with van der Waals surface area (Å²) in [5, 5.41) is 18.7. The number of carbonyl (C=O) groups excluding carboxylic acids is 1. The van der Waals surface area contributed by atoms with Crippen LogP contribution in [0.25, 0.3) is 0 Å². The van der Waals surface area contributed by atoms with Gasteiger partial charge in [-0.05, 0) is 11.6 Å². The number of carbonyl (C=O) groups is 2. The van der Waals surface area contributed by atoms with Gasteiger partial charge in [0, 0.05) is 11.2 Å². The van der Waals surface area contributed by atoms with E-state index < -0.39 is 12.0 Å². The van der Waals surface area contributed by atoms with E-state index in [1.807, 2.05) is 19.9 Å². The minimum Gasteiger partial charge on any atom is -1.00 e. The molecule has 1 amide bonds. The fourth-order valence-corrected chi connectivity index (χ4v) is 4.69. The predicted octanol–water partition coefficient (Wildman–Crippen LogP) is -2.36. The lowest BCUT2D eigenvalue weighted by atomic mass is 9.93. The van der Waals surface area contributed by atoms with Crippen molar-refractivity contribution >= 4 is 36.0 Å². The Hall–Kier alpha value is -0.770. The molecule has 0 bridgehead atoms. The van der Waals surface area contributed by atoms with E-state index in [1.165, 1.54) is 16.7 Å². The number of halogens is 2. The number of aliphatic hydroxyl groups is 1. The van der Waals surface area contributed by atoms with Crippen molar-refractivity contribution in [3.05, 3.63) is 23.4 Å². The zero-order valence-corrected chi connectivity index (χ0v) is 18.4. The maximum absolute atomic E-state index is 11.9. The monoisotopic (exact) mass is 441 g/mol. The zero-order chi connectivity index (χ0) is 19.0. The molecule has 0 unspecified atom stereocenters. The van der Waals surface area contributed by atoms with Gasteiger partial charge in [0.2, 0.25) is 5.91 Å². The molecule has 156 valence electrons. The van der Waals surface area contributed by atoms with Crippen molar-refractivity contribution < 1.29 is 36.7 Å². The molecule has 1 saturated heterocycles. The molecule has 0 aromatic carbocycles. The first kappa shape index (κ1) is 26.2. The van der Waals surface area contributed by atoms with Crippen LogP contribution in [0.15, 0.2) is 23.4 Å². The quantitative estimate of drug-likeness (QED) is 0.301. The molecule has 0 spiro atoms. The summed E-state index contributed by atoms with van der Waals surface area (Å²) in [6.07, 6.45) is 3.74. The molecule has 2 atom stereocenters. The number of rotatable bonds is 7. The number of nitrogens with two attached hydrogens (primary N) is 1. The maximum Gasteiger partial charge on any atom is 0.352 e. The number of likely N-dealkylation sites (N-methyl/N-ethyl adjacent to an activating group) is 1. The van der Waals surface area contributed by atoms with Crippen molar-refractivity contribution in [3.8, 4) is 0 Å². The van der Waals surface area contributed by atoms with Crippen molar-refractivity contribution in [2.75, 3.05) is 39.5 Å². The second-order valence-corrected chi connectivity index (χ2v) is 9.22. The smallest absolute Gasteiger partial charge is 0.352 e. The van der Waals surface area contributed by atoms with Crippen molar-refractivity contribution in [2.45, 2.75) is 25.3 Å². The highest BCUT2D eigenvalue weighted by Gasteiger charge is 2.51. The molecular formula is C17H29Cl2N3O4S. The summed E-state index contributed by atoms with van der Waals surface area (Å²) in [5.41, 5.74) is 6.24. The van der Waals surface area contributed by atoms with Crippen LogP contribution in [-0.2, 0) is 9.59 Å². The van der Waals surface area contributed by atoms with Gasteiger partial charge in [0.05, 0.1) is 33.8 Å². The van der Waals surface area contributed by atoms with E-state index in [9.17, 15) is 19.8 Å². The first-order valence-electron chi connectivity index (χ1n) is 8.25. The Morgan fingerprint density at radius 1 is 1.44 bits per heavy atom. The highest BCUT2D eigenvalue weighted by atomic mass is 35.5. The number of nitrogens with zero attached hydrogens (tertiary/aromatic N) is 2. The summed E-state index contributed by atoms with van der Waals surface area (Å²) in [5.74, 6) is -0.905. The summed E-state index contributed by atoms with van der Waals surface area (Å²) in [4.78, 5) is 24.8. The topological polar surface area (TPSA) is 104 Å². The van der Waals surface area contributed by atoms with E-state index in [2.05, 4.69) is 14.1 Å². The summed E-state index contributed by atoms with van der Waals surface area (Å²) >= 11 is 1.50. The summed E-state index contributed by atoms with van der Waals surface area (Å²) in [6.45, 7) is 5.62. The molecule has 10 heteroatoms. The lowest BCUT2D eigenvalue weighted by Gasteiger charge is -2.47. The molecule has 0 aromatic heterocycles. The van der Waals surface area contributed by atoms with Crippen molar-refractivity contribution in [3.63, 3.8) is 0 Å². The number of carboxylic acid groups (broad SMARTS) is 1. The molecule has 0 aliphatic carbocycles. The standard InChI is InChI=1S/C17H27N3O4S.2ClH/c1-17(2,10-21)9-20(3,4)7-5-6-11-8-25-15-12(18)14(22)19(15)13(11)16(23)24;;/h5-6,12,15,21H,7-10,18H2,1-4H3;2*1H/t12-,15-;;/m1../s1. The molecule has 2 aliphatic heterocycles. The number of hydrogen-bond donors (Lipinski definition) is 3. The van der Waals surface area contributed by atoms with Gasteiger partial charge < -0.3 is 32.8 Å². The number of fused-ring (bicyclic) bond motifs is 1. The minimum atomic E-state index is -1.10. The van der Waals surface area contributed by atoms with Gasteiger partial charge in [-0.3, -0.25) is 9.69 Å². The fourth-order valence-electron chi connectivity index (χ4n) is 3.42. The van der Waals surface area contributed by atoms with Crippen LogP contribution in [0.2, 0.25) is 0 Å². The second-order valence-electron chi connectivity index (χ2n) is 8.12. The number of carboxylic acids is 1. The predicted molar refractivity (Wildman–Crippen MR) is 105 cm³/mol. The van der Waals surface area contributed by atoms with Gasteiger partial charge in [0.1, 0.15) is 17.1 Å². The number of quaternary nitrogens is 1. The van der Waals surface area contributed by atoms with Gasteiger partial charge in [-0.25, -0.2) is 4.79 Å². The van der Waals surface area contributed by atoms with Crippen LogP contribution in [0.3, 0.4) is 0 Å². The van der Waals surface area contributed by atoms with Crippen molar-refractivity contribution in [2.24, 2.45) is 11.1 Å². The molecule has 2 heterocycles. The van der Waals surface area contributed by atoms with Crippen LogP contribution in [0, 0.1) is 5.41 Å². The molecule has 2 aliphatic rings. The normalized spacial score (nSPS) is 22.7. The van der Waals surface area contributed by atoms with Gasteiger partial charge in [-0.1, -0.05) is 19.9 Å². The van der Waals surface area contributed by atoms with Gasteiger partial charge in [0.15, 0.2) is 0 Å². The average Bonchev–Trinajstić information content (AvgIpc) is 2.52. The molecule has 7 nitrogen and oxygen atoms in total. The number of allylic oxidation sites excluding steroid dienone is 1. The zero-order valence-electron chi connectivity index (χ0n) is 16.0. The Bertz CT molecular complexity index is 638. The van der Waals surface area contributed by atoms with E-state index in [0.717, 1.165) is 6.54 Å². The van der Waals surface area contributed by atoms with E-state index in [1.54, 1.807) is 6.08 Å². The fraction of sp³-hybridized carbons (Fsp3) is 0.647. The summed E-state index contributed by atoms with van der Waals surface area (Å²) < 4.78 is 0.670. The Morgan fingerprint density at radius 2 is 2.04 bits per heavy atom.